The van der Waals surface area contributed by atoms with Crippen LogP contribution in [0.1, 0.15) is 37.9 Å². The molecule has 0 radical (unpaired) electrons. The quantitative estimate of drug-likeness (QED) is 0.345. The zero-order valence-electron chi connectivity index (χ0n) is 18.7. The van der Waals surface area contributed by atoms with Gasteiger partial charge < -0.3 is 4.74 Å². The number of hydrogen-bond acceptors (Lipinski definition) is 5. The standard InChI is InChI=1S/C27H15ClF3NO5/c28-17-11-10-14(27(29,30)31)12-18(17)32-24(35)19-20(25(32)36)26(37-21(19)13-6-2-1-3-7-13)22(33)15-8-4-5-9-16(15)23(26)34/h1-12,19-21H/t19-,20-,21+/m1/s1. The van der Waals surface area contributed by atoms with Gasteiger partial charge in [-0.05, 0) is 23.8 Å². The van der Waals surface area contributed by atoms with Gasteiger partial charge in [-0.25, -0.2) is 4.90 Å². The maximum absolute atomic E-state index is 13.9. The summed E-state index contributed by atoms with van der Waals surface area (Å²) in [6.07, 6.45) is -5.95. The van der Waals surface area contributed by atoms with E-state index < -0.39 is 64.3 Å². The van der Waals surface area contributed by atoms with Crippen LogP contribution >= 0.6 is 11.6 Å². The van der Waals surface area contributed by atoms with Crippen molar-refractivity contribution in [3.8, 4) is 0 Å². The molecule has 0 bridgehead atoms. The van der Waals surface area contributed by atoms with Crippen LogP contribution in [0.2, 0.25) is 5.02 Å². The fraction of sp³-hybridized carbons (Fsp3) is 0.185. The Bertz CT molecular complexity index is 1480. The van der Waals surface area contributed by atoms with E-state index in [1.165, 1.54) is 12.1 Å². The third-order valence-corrected chi connectivity index (χ3v) is 7.48. The number of amides is 2. The first-order valence-corrected chi connectivity index (χ1v) is 11.6. The molecule has 2 amide bonds. The molecular formula is C27H15ClF3NO5. The molecular weight excluding hydrogens is 511 g/mol. The van der Waals surface area contributed by atoms with Crippen LogP contribution < -0.4 is 4.90 Å². The van der Waals surface area contributed by atoms with E-state index in [9.17, 15) is 32.3 Å². The lowest BCUT2D eigenvalue weighted by atomic mass is 9.77. The zero-order chi connectivity index (χ0) is 26.3. The molecule has 0 aromatic heterocycles. The molecule has 0 saturated carbocycles. The van der Waals surface area contributed by atoms with E-state index in [-0.39, 0.29) is 16.1 Å². The molecule has 1 aliphatic carbocycles. The van der Waals surface area contributed by atoms with Crippen molar-refractivity contribution in [2.24, 2.45) is 11.8 Å². The van der Waals surface area contributed by atoms with Gasteiger partial charge in [-0.1, -0.05) is 66.2 Å². The van der Waals surface area contributed by atoms with Crippen molar-refractivity contribution in [3.63, 3.8) is 0 Å². The highest BCUT2D eigenvalue weighted by Crippen LogP contribution is 2.58. The second-order valence-corrected chi connectivity index (χ2v) is 9.48. The van der Waals surface area contributed by atoms with Gasteiger partial charge in [-0.3, -0.25) is 19.2 Å². The van der Waals surface area contributed by atoms with Crippen molar-refractivity contribution in [3.05, 3.63) is 100 Å². The summed E-state index contributed by atoms with van der Waals surface area (Å²) < 4.78 is 46.5. The van der Waals surface area contributed by atoms with Gasteiger partial charge in [-0.2, -0.15) is 13.2 Å². The Kier molecular flexibility index (Phi) is 4.99. The van der Waals surface area contributed by atoms with Gasteiger partial charge in [-0.15, -0.1) is 0 Å². The monoisotopic (exact) mass is 525 g/mol. The summed E-state index contributed by atoms with van der Waals surface area (Å²) in [6.45, 7) is 0. The molecule has 10 heteroatoms. The molecule has 2 fully saturated rings. The molecule has 2 aliphatic heterocycles. The minimum atomic E-state index is -4.77. The number of imide groups is 1. The van der Waals surface area contributed by atoms with Gasteiger partial charge >= 0.3 is 6.18 Å². The van der Waals surface area contributed by atoms with Crippen LogP contribution in [-0.4, -0.2) is 29.0 Å². The van der Waals surface area contributed by atoms with E-state index >= 15 is 0 Å². The molecule has 37 heavy (non-hydrogen) atoms. The Hall–Kier alpha value is -3.82. The van der Waals surface area contributed by atoms with Crippen LogP contribution in [0.25, 0.3) is 0 Å². The van der Waals surface area contributed by atoms with Crippen molar-refractivity contribution >= 4 is 40.7 Å². The van der Waals surface area contributed by atoms with E-state index in [2.05, 4.69) is 0 Å². The number of alkyl halides is 3. The Morgan fingerprint density at radius 3 is 2.00 bits per heavy atom. The van der Waals surface area contributed by atoms with Gasteiger partial charge in [0.15, 0.2) is 0 Å². The fourth-order valence-electron chi connectivity index (χ4n) is 5.56. The largest absolute Gasteiger partial charge is 0.416 e. The number of fused-ring (bicyclic) bond motifs is 3. The number of ketones is 2. The van der Waals surface area contributed by atoms with Gasteiger partial charge in [0.25, 0.3) is 0 Å². The lowest BCUT2D eigenvalue weighted by molar-refractivity contribution is -0.137. The van der Waals surface area contributed by atoms with Crippen LogP contribution in [0.15, 0.2) is 72.8 Å². The number of nitrogens with zero attached hydrogens (tertiary/aromatic N) is 1. The number of carbonyl (C=O) groups excluding carboxylic acids is 4. The summed E-state index contributed by atoms with van der Waals surface area (Å²) in [4.78, 5) is 55.6. The topological polar surface area (TPSA) is 80.8 Å². The number of rotatable bonds is 2. The first kappa shape index (κ1) is 23.6. The molecule has 0 N–H and O–H groups in total. The van der Waals surface area contributed by atoms with Crippen LogP contribution in [-0.2, 0) is 20.5 Å². The average Bonchev–Trinajstić information content (AvgIpc) is 3.44. The van der Waals surface area contributed by atoms with Crippen molar-refractivity contribution in [2.45, 2.75) is 17.9 Å². The summed E-state index contributed by atoms with van der Waals surface area (Å²) in [7, 11) is 0. The molecule has 186 valence electrons. The second-order valence-electron chi connectivity index (χ2n) is 9.07. The van der Waals surface area contributed by atoms with Crippen LogP contribution in [0.3, 0.4) is 0 Å². The first-order valence-electron chi connectivity index (χ1n) is 11.2. The lowest BCUT2D eigenvalue weighted by Gasteiger charge is -2.27. The maximum atomic E-state index is 13.9. The minimum absolute atomic E-state index is 0.0516. The molecule has 6 nitrogen and oxygen atoms in total. The molecule has 3 aromatic carbocycles. The van der Waals surface area contributed by atoms with Crippen molar-refractivity contribution in [1.82, 2.24) is 0 Å². The number of carbonyl (C=O) groups is 4. The Morgan fingerprint density at radius 1 is 0.811 bits per heavy atom. The van der Waals surface area contributed by atoms with Crippen molar-refractivity contribution in [2.75, 3.05) is 4.90 Å². The highest BCUT2D eigenvalue weighted by atomic mass is 35.5. The molecule has 1 spiro atoms. The Balaban J connectivity index is 1.55. The molecule has 3 aromatic rings. The lowest BCUT2D eigenvalue weighted by Crippen LogP contribution is -2.51. The average molecular weight is 526 g/mol. The number of anilines is 1. The summed E-state index contributed by atoms with van der Waals surface area (Å²) in [6, 6.07) is 16.5. The van der Waals surface area contributed by atoms with Gasteiger partial charge in [0.2, 0.25) is 29.0 Å². The minimum Gasteiger partial charge on any atom is -0.349 e. The second kappa shape index (κ2) is 7.84. The number of hydrogen-bond donors (Lipinski definition) is 0. The number of halogens is 4. The Morgan fingerprint density at radius 2 is 1.41 bits per heavy atom. The molecule has 2 heterocycles. The summed E-state index contributed by atoms with van der Waals surface area (Å²) in [5.41, 5.74) is -3.38. The Labute approximate surface area is 212 Å². The predicted molar refractivity (Wildman–Crippen MR) is 124 cm³/mol. The van der Waals surface area contributed by atoms with Crippen LogP contribution in [0.4, 0.5) is 18.9 Å². The highest BCUT2D eigenvalue weighted by molar-refractivity contribution is 6.39. The SMILES string of the molecule is O=C1[C@H]2[C@H](c3ccccc3)OC3(C(=O)c4ccccc4C3=O)[C@H]2C(=O)N1c1cc(C(F)(F)F)ccc1Cl. The van der Waals surface area contributed by atoms with Gasteiger partial charge in [0.1, 0.15) is 0 Å². The molecule has 3 aliphatic rings. The summed E-state index contributed by atoms with van der Waals surface area (Å²) in [5, 5.41) is -0.270. The van der Waals surface area contributed by atoms with E-state index in [1.807, 2.05) is 0 Å². The number of Topliss-reactive ketones (excluding diaryl/α,β-unsaturated/α-hetero) is 2. The predicted octanol–water partition coefficient (Wildman–Crippen LogP) is 5.05. The fourth-order valence-corrected chi connectivity index (χ4v) is 5.76. The third-order valence-electron chi connectivity index (χ3n) is 7.16. The molecule has 6 rings (SSSR count). The van der Waals surface area contributed by atoms with E-state index in [0.717, 1.165) is 12.1 Å². The molecule has 3 atom stereocenters. The number of ether oxygens (including phenoxy) is 1. The zero-order valence-corrected chi connectivity index (χ0v) is 19.4. The first-order chi connectivity index (χ1) is 17.6. The molecule has 2 saturated heterocycles. The van der Waals surface area contributed by atoms with Crippen LogP contribution in [0, 0.1) is 11.8 Å². The van der Waals surface area contributed by atoms with E-state index in [4.69, 9.17) is 16.3 Å². The maximum Gasteiger partial charge on any atom is 0.416 e. The van der Waals surface area contributed by atoms with Gasteiger partial charge in [0.05, 0.1) is 34.2 Å². The summed E-state index contributed by atoms with van der Waals surface area (Å²) >= 11 is 6.17. The third kappa shape index (κ3) is 3.10. The summed E-state index contributed by atoms with van der Waals surface area (Å²) in [5.74, 6) is -6.40. The smallest absolute Gasteiger partial charge is 0.349 e. The van der Waals surface area contributed by atoms with E-state index in [0.29, 0.717) is 16.5 Å². The van der Waals surface area contributed by atoms with Crippen LogP contribution in [0.5, 0.6) is 0 Å². The van der Waals surface area contributed by atoms with Gasteiger partial charge in [0, 0.05) is 11.1 Å². The van der Waals surface area contributed by atoms with Crippen molar-refractivity contribution in [1.29, 1.82) is 0 Å². The highest BCUT2D eigenvalue weighted by Gasteiger charge is 2.74. The molecule has 0 unspecified atom stereocenters. The van der Waals surface area contributed by atoms with E-state index in [1.54, 1.807) is 42.5 Å². The number of benzene rings is 3. The normalized spacial score (nSPS) is 24.2. The van der Waals surface area contributed by atoms with Crippen molar-refractivity contribution < 1.29 is 37.1 Å².